The van der Waals surface area contributed by atoms with Crippen LogP contribution in [0.4, 0.5) is 0 Å². The molecule has 2 aromatic rings. The fraction of sp³-hybridized carbons (Fsp3) is 0.235. The predicted molar refractivity (Wildman–Crippen MR) is 81.1 cm³/mol. The number of rotatable bonds is 4. The van der Waals surface area contributed by atoms with Gasteiger partial charge in [0.15, 0.2) is 0 Å². The Morgan fingerprint density at radius 3 is 1.55 bits per heavy atom. The number of esters is 1. The molecule has 0 amide bonds. The average Bonchev–Trinajstić information content (AvgIpc) is 2.48. The highest BCUT2D eigenvalue weighted by Gasteiger charge is 1.93. The molecular formula is C17H21NO2. The zero-order valence-corrected chi connectivity index (χ0v) is 11.8. The van der Waals surface area contributed by atoms with Crippen LogP contribution < -0.4 is 5.73 Å². The quantitative estimate of drug-likeness (QED) is 0.687. The molecule has 2 rings (SSSR count). The molecule has 2 N–H and O–H groups in total. The molecule has 0 aliphatic carbocycles. The first kappa shape index (κ1) is 15.9. The van der Waals surface area contributed by atoms with Crippen LogP contribution in [-0.2, 0) is 22.4 Å². The summed E-state index contributed by atoms with van der Waals surface area (Å²) >= 11 is 0. The molecule has 3 nitrogen and oxygen atoms in total. The fourth-order valence-corrected chi connectivity index (χ4v) is 1.70. The summed E-state index contributed by atoms with van der Waals surface area (Å²) < 4.78 is 4.18. The molecule has 0 saturated carbocycles. The van der Waals surface area contributed by atoms with E-state index in [1.807, 2.05) is 0 Å². The lowest BCUT2D eigenvalue weighted by atomic mass is 10.0. The van der Waals surface area contributed by atoms with E-state index < -0.39 is 0 Å². The summed E-state index contributed by atoms with van der Waals surface area (Å²) in [6.45, 7) is 1.29. The SMILES string of the molecule is CC(=O)OCN.c1ccc(CCc2ccccc2)cc1. The number of nitrogens with two attached hydrogens (primary N) is 1. The lowest BCUT2D eigenvalue weighted by Crippen LogP contribution is -2.07. The molecule has 0 aliphatic heterocycles. The van der Waals surface area contributed by atoms with Crippen LogP contribution in [0.25, 0.3) is 0 Å². The monoisotopic (exact) mass is 271 g/mol. The second-order valence-corrected chi connectivity index (χ2v) is 4.27. The van der Waals surface area contributed by atoms with E-state index in [4.69, 9.17) is 5.73 Å². The number of benzene rings is 2. The van der Waals surface area contributed by atoms with Crippen molar-refractivity contribution in [1.82, 2.24) is 0 Å². The van der Waals surface area contributed by atoms with Crippen molar-refractivity contribution < 1.29 is 9.53 Å². The Morgan fingerprint density at radius 1 is 0.900 bits per heavy atom. The lowest BCUT2D eigenvalue weighted by Gasteiger charge is -2.01. The zero-order chi connectivity index (χ0) is 14.6. The first-order valence-corrected chi connectivity index (χ1v) is 6.63. The Balaban J connectivity index is 0.000000286. The van der Waals surface area contributed by atoms with Gasteiger partial charge in [-0.25, -0.2) is 0 Å². The molecule has 0 aromatic heterocycles. The summed E-state index contributed by atoms with van der Waals surface area (Å²) in [7, 11) is 0. The minimum absolute atomic E-state index is 0.0185. The van der Waals surface area contributed by atoms with E-state index in [-0.39, 0.29) is 12.7 Å². The number of hydrogen-bond donors (Lipinski definition) is 1. The van der Waals surface area contributed by atoms with E-state index in [1.165, 1.54) is 18.1 Å². The number of ether oxygens (including phenoxy) is 1. The lowest BCUT2D eigenvalue weighted by molar-refractivity contribution is -0.140. The third-order valence-corrected chi connectivity index (χ3v) is 2.67. The molecule has 0 atom stereocenters. The maximum Gasteiger partial charge on any atom is 0.303 e. The van der Waals surface area contributed by atoms with Gasteiger partial charge in [-0.1, -0.05) is 60.7 Å². The van der Waals surface area contributed by atoms with Gasteiger partial charge in [-0.3, -0.25) is 10.5 Å². The second kappa shape index (κ2) is 9.75. The maximum absolute atomic E-state index is 9.74. The van der Waals surface area contributed by atoms with Crippen LogP contribution in [0.2, 0.25) is 0 Å². The van der Waals surface area contributed by atoms with Crippen LogP contribution in [-0.4, -0.2) is 12.7 Å². The van der Waals surface area contributed by atoms with Crippen molar-refractivity contribution in [2.75, 3.05) is 6.73 Å². The van der Waals surface area contributed by atoms with Crippen molar-refractivity contribution in [3.05, 3.63) is 71.8 Å². The number of carbonyl (C=O) groups excluding carboxylic acids is 1. The van der Waals surface area contributed by atoms with Crippen LogP contribution in [0.3, 0.4) is 0 Å². The van der Waals surface area contributed by atoms with Gasteiger partial charge in [0, 0.05) is 6.92 Å². The summed E-state index contributed by atoms with van der Waals surface area (Å²) in [5, 5.41) is 0. The van der Waals surface area contributed by atoms with Crippen LogP contribution in [0.15, 0.2) is 60.7 Å². The molecule has 0 fully saturated rings. The molecule has 106 valence electrons. The highest BCUT2D eigenvalue weighted by molar-refractivity contribution is 5.65. The molecular weight excluding hydrogens is 250 g/mol. The average molecular weight is 271 g/mol. The molecule has 0 aliphatic rings. The number of aryl methyl sites for hydroxylation is 2. The maximum atomic E-state index is 9.74. The van der Waals surface area contributed by atoms with Gasteiger partial charge in [0.2, 0.25) is 0 Å². The topological polar surface area (TPSA) is 52.3 Å². The second-order valence-electron chi connectivity index (χ2n) is 4.27. The normalized spacial score (nSPS) is 9.30. The van der Waals surface area contributed by atoms with Crippen molar-refractivity contribution in [2.24, 2.45) is 5.73 Å². The Labute approximate surface area is 120 Å². The molecule has 2 aromatic carbocycles. The first-order chi connectivity index (χ1) is 9.72. The Bertz CT molecular complexity index is 443. The molecule has 20 heavy (non-hydrogen) atoms. The molecule has 0 bridgehead atoms. The smallest absolute Gasteiger partial charge is 0.303 e. The molecule has 0 spiro atoms. The summed E-state index contributed by atoms with van der Waals surface area (Å²) in [4.78, 5) is 9.74. The predicted octanol–water partition coefficient (Wildman–Crippen LogP) is 2.94. The van der Waals surface area contributed by atoms with Crippen molar-refractivity contribution in [1.29, 1.82) is 0 Å². The van der Waals surface area contributed by atoms with Gasteiger partial charge in [0.25, 0.3) is 0 Å². The standard InChI is InChI=1S/C14H14.C3H7NO2/c1-3-7-13(8-4-1)11-12-14-9-5-2-6-10-14;1-3(5)6-2-4/h1-10H,11-12H2;2,4H2,1H3. The van der Waals surface area contributed by atoms with Crippen molar-refractivity contribution in [3.63, 3.8) is 0 Å². The minimum Gasteiger partial charge on any atom is -0.450 e. The summed E-state index contributed by atoms with van der Waals surface area (Å²) in [5.74, 6) is -0.336. The molecule has 0 unspecified atom stereocenters. The largest absolute Gasteiger partial charge is 0.450 e. The van der Waals surface area contributed by atoms with E-state index in [2.05, 4.69) is 65.4 Å². The van der Waals surface area contributed by atoms with Gasteiger partial charge in [-0.05, 0) is 24.0 Å². The van der Waals surface area contributed by atoms with Gasteiger partial charge in [0.1, 0.15) is 6.73 Å². The molecule has 0 heterocycles. The van der Waals surface area contributed by atoms with Crippen molar-refractivity contribution in [2.45, 2.75) is 19.8 Å². The summed E-state index contributed by atoms with van der Waals surface area (Å²) in [6, 6.07) is 21.2. The Morgan fingerprint density at radius 2 is 1.30 bits per heavy atom. The highest BCUT2D eigenvalue weighted by atomic mass is 16.5. The van der Waals surface area contributed by atoms with Crippen LogP contribution in [0.5, 0.6) is 0 Å². The number of hydrogen-bond acceptors (Lipinski definition) is 3. The van der Waals surface area contributed by atoms with Gasteiger partial charge in [-0.2, -0.15) is 0 Å². The number of carbonyl (C=O) groups is 1. The fourth-order valence-electron chi connectivity index (χ4n) is 1.70. The molecule has 0 saturated heterocycles. The van der Waals surface area contributed by atoms with Gasteiger partial charge in [-0.15, -0.1) is 0 Å². The molecule has 3 heteroatoms. The third-order valence-electron chi connectivity index (χ3n) is 2.67. The molecule has 0 radical (unpaired) electrons. The van der Waals surface area contributed by atoms with Gasteiger partial charge < -0.3 is 4.74 Å². The summed E-state index contributed by atoms with van der Waals surface area (Å²) in [6.07, 6.45) is 2.26. The Kier molecular flexibility index (Phi) is 7.77. The van der Waals surface area contributed by atoms with E-state index in [0.29, 0.717) is 0 Å². The van der Waals surface area contributed by atoms with E-state index in [0.717, 1.165) is 12.8 Å². The summed E-state index contributed by atoms with van der Waals surface area (Å²) in [5.41, 5.74) is 7.61. The van der Waals surface area contributed by atoms with Gasteiger partial charge >= 0.3 is 5.97 Å². The van der Waals surface area contributed by atoms with Crippen molar-refractivity contribution >= 4 is 5.97 Å². The van der Waals surface area contributed by atoms with Crippen LogP contribution in [0.1, 0.15) is 18.1 Å². The van der Waals surface area contributed by atoms with Crippen LogP contribution >= 0.6 is 0 Å². The zero-order valence-electron chi connectivity index (χ0n) is 11.8. The first-order valence-electron chi connectivity index (χ1n) is 6.63. The van der Waals surface area contributed by atoms with Crippen LogP contribution in [0, 0.1) is 0 Å². The highest BCUT2D eigenvalue weighted by Crippen LogP contribution is 2.06. The van der Waals surface area contributed by atoms with E-state index >= 15 is 0 Å². The third kappa shape index (κ3) is 7.34. The van der Waals surface area contributed by atoms with Gasteiger partial charge in [0.05, 0.1) is 0 Å². The Hall–Kier alpha value is -2.13. The minimum atomic E-state index is -0.336. The van der Waals surface area contributed by atoms with E-state index in [1.54, 1.807) is 0 Å². The van der Waals surface area contributed by atoms with Crippen molar-refractivity contribution in [3.8, 4) is 0 Å². The van der Waals surface area contributed by atoms with E-state index in [9.17, 15) is 4.79 Å².